The number of rotatable bonds is 7. The van der Waals surface area contributed by atoms with Crippen LogP contribution in [0.5, 0.6) is 5.75 Å². The van der Waals surface area contributed by atoms with E-state index in [-0.39, 0.29) is 18.6 Å². The van der Waals surface area contributed by atoms with Crippen LogP contribution in [0.15, 0.2) is 17.5 Å². The van der Waals surface area contributed by atoms with Crippen molar-refractivity contribution in [2.45, 2.75) is 40.3 Å². The lowest BCUT2D eigenvalue weighted by atomic mass is 10.1. The Morgan fingerprint density at radius 1 is 1.29 bits per heavy atom. The van der Waals surface area contributed by atoms with Crippen LogP contribution in [0.3, 0.4) is 0 Å². The molecule has 24 heavy (non-hydrogen) atoms. The Morgan fingerprint density at radius 3 is 2.50 bits per heavy atom. The van der Waals surface area contributed by atoms with Gasteiger partial charge in [-0.15, -0.1) is 11.3 Å². The van der Waals surface area contributed by atoms with Crippen molar-refractivity contribution < 1.29 is 14.3 Å². The van der Waals surface area contributed by atoms with Gasteiger partial charge in [0.05, 0.1) is 13.2 Å². The molecule has 0 aliphatic heterocycles. The fourth-order valence-electron chi connectivity index (χ4n) is 2.49. The maximum absolute atomic E-state index is 11.2. The Balaban J connectivity index is 2.00. The molecule has 0 saturated carbocycles. The van der Waals surface area contributed by atoms with Crippen molar-refractivity contribution in [3.63, 3.8) is 0 Å². The number of aryl methyl sites for hydroxylation is 3. The Labute approximate surface area is 147 Å². The molecule has 6 heteroatoms. The summed E-state index contributed by atoms with van der Waals surface area (Å²) >= 11 is 1.68. The molecule has 1 atom stereocenters. The number of ether oxygens (including phenoxy) is 2. The zero-order chi connectivity index (χ0) is 17.7. The van der Waals surface area contributed by atoms with Gasteiger partial charge in [-0.2, -0.15) is 0 Å². The van der Waals surface area contributed by atoms with E-state index in [9.17, 15) is 4.79 Å². The van der Waals surface area contributed by atoms with E-state index in [0.29, 0.717) is 0 Å². The molecular weight excluding hydrogens is 324 g/mol. The third-order valence-electron chi connectivity index (χ3n) is 3.70. The van der Waals surface area contributed by atoms with Crippen LogP contribution in [0.25, 0.3) is 0 Å². The Hall–Kier alpha value is -1.92. The molecule has 0 bridgehead atoms. The summed E-state index contributed by atoms with van der Waals surface area (Å²) in [5.74, 6) is 0.361. The molecule has 5 nitrogen and oxygen atoms in total. The molecule has 0 saturated heterocycles. The molecule has 1 aromatic carbocycles. The first-order valence-electron chi connectivity index (χ1n) is 7.86. The van der Waals surface area contributed by atoms with Crippen LogP contribution in [-0.4, -0.2) is 24.7 Å². The highest BCUT2D eigenvalue weighted by Crippen LogP contribution is 2.25. The van der Waals surface area contributed by atoms with Crippen molar-refractivity contribution >= 4 is 17.3 Å². The molecule has 0 amide bonds. The van der Waals surface area contributed by atoms with Crippen molar-refractivity contribution in [1.29, 1.82) is 0 Å². The van der Waals surface area contributed by atoms with Crippen LogP contribution in [0.4, 0.5) is 0 Å². The number of methoxy groups -OCH3 is 1. The summed E-state index contributed by atoms with van der Waals surface area (Å²) in [4.78, 5) is 15.7. The van der Waals surface area contributed by atoms with Gasteiger partial charge in [0.25, 0.3) is 0 Å². The molecule has 1 N–H and O–H groups in total. The molecule has 0 aliphatic carbocycles. The quantitative estimate of drug-likeness (QED) is 0.776. The monoisotopic (exact) mass is 348 g/mol. The average molecular weight is 348 g/mol. The maximum atomic E-state index is 11.2. The molecular formula is C18H24N2O3S. The number of nitrogens with zero attached hydrogens (tertiary/aromatic N) is 1. The van der Waals surface area contributed by atoms with Crippen LogP contribution < -0.4 is 10.1 Å². The number of aromatic nitrogens is 1. The molecule has 0 fully saturated rings. The topological polar surface area (TPSA) is 60.5 Å². The van der Waals surface area contributed by atoms with E-state index in [2.05, 4.69) is 39.5 Å². The highest BCUT2D eigenvalue weighted by Gasteiger charge is 2.12. The molecule has 0 aliphatic rings. The van der Waals surface area contributed by atoms with Crippen molar-refractivity contribution in [2.24, 2.45) is 0 Å². The lowest BCUT2D eigenvalue weighted by Crippen LogP contribution is -2.18. The lowest BCUT2D eigenvalue weighted by molar-refractivity contribution is -0.142. The molecule has 2 rings (SSSR count). The molecule has 0 radical (unpaired) electrons. The van der Waals surface area contributed by atoms with E-state index in [4.69, 9.17) is 4.74 Å². The number of thiazole rings is 1. The minimum Gasteiger partial charge on any atom is -0.481 e. The van der Waals surface area contributed by atoms with Crippen molar-refractivity contribution in [2.75, 3.05) is 13.7 Å². The van der Waals surface area contributed by atoms with E-state index in [0.717, 1.165) is 34.1 Å². The maximum Gasteiger partial charge on any atom is 0.343 e. The molecule has 0 spiro atoms. The van der Waals surface area contributed by atoms with Crippen molar-refractivity contribution in [3.8, 4) is 5.75 Å². The average Bonchev–Trinajstić information content (AvgIpc) is 2.98. The van der Waals surface area contributed by atoms with Crippen LogP contribution in [0.1, 0.15) is 40.4 Å². The second kappa shape index (κ2) is 8.26. The van der Waals surface area contributed by atoms with Gasteiger partial charge in [-0.1, -0.05) is 12.1 Å². The van der Waals surface area contributed by atoms with Gasteiger partial charge in [-0.05, 0) is 44.4 Å². The van der Waals surface area contributed by atoms with Crippen LogP contribution in [0, 0.1) is 20.8 Å². The fraction of sp³-hybridized carbons (Fsp3) is 0.444. The van der Waals surface area contributed by atoms with E-state index >= 15 is 0 Å². The summed E-state index contributed by atoms with van der Waals surface area (Å²) in [5.41, 5.74) is 4.25. The first-order chi connectivity index (χ1) is 11.4. The van der Waals surface area contributed by atoms with Crippen molar-refractivity contribution in [1.82, 2.24) is 10.3 Å². The molecule has 2 aromatic rings. The van der Waals surface area contributed by atoms with E-state index in [1.165, 1.54) is 12.7 Å². The Bertz CT molecular complexity index is 689. The third-order valence-corrected chi connectivity index (χ3v) is 4.85. The number of benzene rings is 1. The van der Waals surface area contributed by atoms with Crippen molar-refractivity contribution in [3.05, 3.63) is 44.9 Å². The minimum absolute atomic E-state index is 0.0732. The number of hydrogen-bond acceptors (Lipinski definition) is 6. The van der Waals surface area contributed by atoms with Gasteiger partial charge in [-0.3, -0.25) is 0 Å². The fourth-order valence-corrected chi connectivity index (χ4v) is 3.32. The highest BCUT2D eigenvalue weighted by molar-refractivity contribution is 7.09. The van der Waals surface area contributed by atoms with E-state index < -0.39 is 0 Å². The predicted molar refractivity (Wildman–Crippen MR) is 95.5 cm³/mol. The van der Waals surface area contributed by atoms with Crippen LogP contribution >= 0.6 is 11.3 Å². The van der Waals surface area contributed by atoms with Gasteiger partial charge in [0.1, 0.15) is 10.8 Å². The number of nitrogens with one attached hydrogen (secondary N) is 1. The summed E-state index contributed by atoms with van der Waals surface area (Å²) in [6.07, 6.45) is 0. The SMILES string of the molecule is COC(=O)COc1c(C)cc(CNC(C)c2nc(C)cs2)cc1C. The minimum atomic E-state index is -0.382. The molecule has 1 unspecified atom stereocenters. The summed E-state index contributed by atoms with van der Waals surface area (Å²) in [5, 5.41) is 6.66. The van der Waals surface area contributed by atoms with Crippen LogP contribution in [-0.2, 0) is 16.1 Å². The van der Waals surface area contributed by atoms with Gasteiger partial charge in [-0.25, -0.2) is 9.78 Å². The highest BCUT2D eigenvalue weighted by atomic mass is 32.1. The summed E-state index contributed by atoms with van der Waals surface area (Å²) < 4.78 is 10.2. The van der Waals surface area contributed by atoms with Gasteiger partial charge in [0.2, 0.25) is 0 Å². The second-order valence-electron chi connectivity index (χ2n) is 5.85. The first-order valence-corrected chi connectivity index (χ1v) is 8.73. The van der Waals surface area contributed by atoms with E-state index in [1.54, 1.807) is 11.3 Å². The first kappa shape index (κ1) is 18.4. The van der Waals surface area contributed by atoms with Gasteiger partial charge >= 0.3 is 5.97 Å². The summed E-state index contributed by atoms with van der Waals surface area (Å²) in [6.45, 7) is 8.76. The van der Waals surface area contributed by atoms with Crippen LogP contribution in [0.2, 0.25) is 0 Å². The van der Waals surface area contributed by atoms with E-state index in [1.807, 2.05) is 20.8 Å². The number of esters is 1. The largest absolute Gasteiger partial charge is 0.481 e. The van der Waals surface area contributed by atoms with Gasteiger partial charge < -0.3 is 14.8 Å². The summed E-state index contributed by atoms with van der Waals surface area (Å²) in [7, 11) is 1.35. The lowest BCUT2D eigenvalue weighted by Gasteiger charge is -2.15. The standard InChI is InChI=1S/C18H24N2O3S/c1-11-6-15(7-12(2)17(11)23-9-16(21)22-5)8-19-14(4)18-20-13(3)10-24-18/h6-7,10,14,19H,8-9H2,1-5H3. The second-order valence-corrected chi connectivity index (χ2v) is 6.74. The predicted octanol–water partition coefficient (Wildman–Crippen LogP) is 3.47. The van der Waals surface area contributed by atoms with Gasteiger partial charge in [0.15, 0.2) is 6.61 Å². The number of carbonyl (C=O) groups excluding carboxylic acids is 1. The zero-order valence-electron chi connectivity index (χ0n) is 14.8. The van der Waals surface area contributed by atoms with Gasteiger partial charge in [0, 0.05) is 17.6 Å². The molecule has 1 aromatic heterocycles. The third kappa shape index (κ3) is 4.79. The zero-order valence-corrected chi connectivity index (χ0v) is 15.6. The summed E-state index contributed by atoms with van der Waals surface area (Å²) in [6, 6.07) is 4.36. The normalized spacial score (nSPS) is 12.0. The smallest absolute Gasteiger partial charge is 0.343 e. The number of hydrogen-bond donors (Lipinski definition) is 1. The molecule has 1 heterocycles. The Kier molecular flexibility index (Phi) is 6.34. The molecule has 130 valence electrons. The Morgan fingerprint density at radius 2 is 1.96 bits per heavy atom. The number of carbonyl (C=O) groups is 1.